The molecule has 1 aliphatic heterocycles. The summed E-state index contributed by atoms with van der Waals surface area (Å²) in [6.07, 6.45) is -0.0239. The molecule has 0 radical (unpaired) electrons. The van der Waals surface area contributed by atoms with Crippen molar-refractivity contribution in [3.63, 3.8) is 0 Å². The summed E-state index contributed by atoms with van der Waals surface area (Å²) in [5.74, 6) is -1.64. The Balaban J connectivity index is 1.90. The second kappa shape index (κ2) is 7.39. The van der Waals surface area contributed by atoms with Crippen molar-refractivity contribution in [2.45, 2.75) is 13.3 Å². The third-order valence-electron chi connectivity index (χ3n) is 3.13. The number of nitrogens with one attached hydrogen (secondary N) is 2. The van der Waals surface area contributed by atoms with Gasteiger partial charge in [-0.25, -0.2) is 0 Å². The van der Waals surface area contributed by atoms with Crippen molar-refractivity contribution >= 4 is 35.1 Å². The number of carbonyl (C=O) groups excluding carboxylic acids is 4. The van der Waals surface area contributed by atoms with Gasteiger partial charge in [0.25, 0.3) is 5.91 Å². The molecule has 8 heteroatoms. The van der Waals surface area contributed by atoms with Gasteiger partial charge < -0.3 is 15.4 Å². The minimum atomic E-state index is -0.596. The summed E-state index contributed by atoms with van der Waals surface area (Å²) >= 11 is 0. The van der Waals surface area contributed by atoms with E-state index in [4.69, 9.17) is 4.74 Å². The fraction of sp³-hybridized carbons (Fsp3) is 0.333. The number of hydrogen-bond donors (Lipinski definition) is 2. The molecule has 0 atom stereocenters. The van der Waals surface area contributed by atoms with Crippen molar-refractivity contribution in [1.29, 1.82) is 0 Å². The first kappa shape index (κ1) is 16.5. The molecule has 1 aromatic carbocycles. The van der Waals surface area contributed by atoms with Crippen molar-refractivity contribution in [1.82, 2.24) is 5.32 Å². The van der Waals surface area contributed by atoms with E-state index in [-0.39, 0.29) is 31.3 Å². The molecule has 1 heterocycles. The Morgan fingerprint density at radius 2 is 2.04 bits per heavy atom. The number of para-hydroxylation sites is 2. The van der Waals surface area contributed by atoms with Crippen LogP contribution in [0.4, 0.5) is 11.4 Å². The van der Waals surface area contributed by atoms with Crippen LogP contribution in [0.15, 0.2) is 24.3 Å². The molecule has 0 saturated heterocycles. The van der Waals surface area contributed by atoms with Crippen molar-refractivity contribution in [2.75, 3.05) is 29.9 Å². The molecular weight excluding hydrogens is 302 g/mol. The summed E-state index contributed by atoms with van der Waals surface area (Å²) in [6, 6.07) is 6.88. The first-order valence-corrected chi connectivity index (χ1v) is 7.06. The predicted octanol–water partition coefficient (Wildman–Crippen LogP) is 0.0411. The lowest BCUT2D eigenvalue weighted by atomic mass is 10.2. The molecule has 0 spiro atoms. The quantitative estimate of drug-likeness (QED) is 0.746. The van der Waals surface area contributed by atoms with Crippen LogP contribution in [0.2, 0.25) is 0 Å². The fourth-order valence-electron chi connectivity index (χ4n) is 2.09. The largest absolute Gasteiger partial charge is 0.455 e. The first-order chi connectivity index (χ1) is 11.0. The Bertz CT molecular complexity index is 644. The maximum Gasteiger partial charge on any atom is 0.308 e. The van der Waals surface area contributed by atoms with Crippen LogP contribution in [0.25, 0.3) is 0 Å². The molecule has 2 rings (SSSR count). The number of amides is 3. The van der Waals surface area contributed by atoms with Crippen LogP contribution in [0.3, 0.4) is 0 Å². The number of anilines is 2. The molecule has 8 nitrogen and oxygen atoms in total. The van der Waals surface area contributed by atoms with E-state index in [0.29, 0.717) is 11.4 Å². The lowest BCUT2D eigenvalue weighted by molar-refractivity contribution is -0.147. The van der Waals surface area contributed by atoms with Crippen LogP contribution in [0.5, 0.6) is 0 Å². The van der Waals surface area contributed by atoms with Gasteiger partial charge in [0, 0.05) is 13.5 Å². The van der Waals surface area contributed by atoms with Gasteiger partial charge in [-0.15, -0.1) is 0 Å². The summed E-state index contributed by atoms with van der Waals surface area (Å²) in [4.78, 5) is 47.3. The molecule has 122 valence electrons. The highest BCUT2D eigenvalue weighted by Gasteiger charge is 2.27. The van der Waals surface area contributed by atoms with Crippen LogP contribution in [-0.2, 0) is 23.9 Å². The van der Waals surface area contributed by atoms with Crippen molar-refractivity contribution in [3.8, 4) is 0 Å². The molecule has 2 N–H and O–H groups in total. The van der Waals surface area contributed by atoms with Gasteiger partial charge in [-0.05, 0) is 12.1 Å². The average molecular weight is 319 g/mol. The first-order valence-electron chi connectivity index (χ1n) is 7.06. The molecular formula is C15H17N3O5. The summed E-state index contributed by atoms with van der Waals surface area (Å²) < 4.78 is 4.88. The zero-order valence-electron chi connectivity index (χ0n) is 12.6. The maximum atomic E-state index is 12.2. The third kappa shape index (κ3) is 4.53. The zero-order valence-corrected chi connectivity index (χ0v) is 12.6. The molecule has 1 aliphatic rings. The van der Waals surface area contributed by atoms with E-state index in [2.05, 4.69) is 10.6 Å². The molecule has 0 aromatic heterocycles. The van der Waals surface area contributed by atoms with Gasteiger partial charge in [-0.3, -0.25) is 24.1 Å². The predicted molar refractivity (Wildman–Crippen MR) is 81.7 cm³/mol. The Labute approximate surface area is 132 Å². The van der Waals surface area contributed by atoms with Crippen LogP contribution in [-0.4, -0.2) is 43.4 Å². The number of esters is 1. The van der Waals surface area contributed by atoms with Gasteiger partial charge in [0.2, 0.25) is 11.8 Å². The van der Waals surface area contributed by atoms with E-state index in [1.807, 2.05) is 0 Å². The van der Waals surface area contributed by atoms with Crippen LogP contribution < -0.4 is 15.5 Å². The second-order valence-corrected chi connectivity index (χ2v) is 4.94. The lowest BCUT2D eigenvalue weighted by Gasteiger charge is -2.28. The highest BCUT2D eigenvalue weighted by molar-refractivity contribution is 6.10. The zero-order chi connectivity index (χ0) is 16.8. The van der Waals surface area contributed by atoms with Crippen molar-refractivity contribution in [2.24, 2.45) is 0 Å². The van der Waals surface area contributed by atoms with Gasteiger partial charge >= 0.3 is 5.97 Å². The number of hydrogen-bond acceptors (Lipinski definition) is 5. The van der Waals surface area contributed by atoms with E-state index >= 15 is 0 Å². The Morgan fingerprint density at radius 1 is 1.30 bits per heavy atom. The number of nitrogens with zero attached hydrogens (tertiary/aromatic N) is 1. The van der Waals surface area contributed by atoms with Crippen molar-refractivity contribution < 1.29 is 23.9 Å². The Hall–Kier alpha value is -2.90. The van der Waals surface area contributed by atoms with Crippen LogP contribution in [0.1, 0.15) is 13.3 Å². The van der Waals surface area contributed by atoms with Gasteiger partial charge in [0.15, 0.2) is 6.61 Å². The molecule has 0 fully saturated rings. The number of rotatable bonds is 5. The molecule has 0 bridgehead atoms. The van der Waals surface area contributed by atoms with E-state index in [1.54, 1.807) is 24.3 Å². The highest BCUT2D eigenvalue weighted by atomic mass is 16.5. The monoisotopic (exact) mass is 319 g/mol. The lowest BCUT2D eigenvalue weighted by Crippen LogP contribution is -2.44. The number of carbonyl (C=O) groups is 4. The number of ether oxygens (including phenoxy) is 1. The minimum absolute atomic E-state index is 0.0239. The van der Waals surface area contributed by atoms with E-state index in [0.717, 1.165) is 0 Å². The molecule has 3 amide bonds. The average Bonchev–Trinajstić information content (AvgIpc) is 2.51. The summed E-state index contributed by atoms with van der Waals surface area (Å²) in [6.45, 7) is 0.908. The van der Waals surface area contributed by atoms with Gasteiger partial charge in [-0.1, -0.05) is 12.1 Å². The molecule has 0 aliphatic carbocycles. The Kier molecular flexibility index (Phi) is 5.29. The van der Waals surface area contributed by atoms with E-state index in [1.165, 1.54) is 11.8 Å². The van der Waals surface area contributed by atoms with E-state index < -0.39 is 18.5 Å². The third-order valence-corrected chi connectivity index (χ3v) is 3.13. The van der Waals surface area contributed by atoms with Gasteiger partial charge in [-0.2, -0.15) is 0 Å². The second-order valence-electron chi connectivity index (χ2n) is 4.94. The fourth-order valence-corrected chi connectivity index (χ4v) is 2.09. The summed E-state index contributed by atoms with van der Waals surface area (Å²) in [5.41, 5.74) is 1.10. The SMILES string of the molecule is CC(=O)NCCC(=O)OCC(=O)N1CC(=O)Nc2ccccc21. The molecule has 23 heavy (non-hydrogen) atoms. The maximum absolute atomic E-state index is 12.2. The Morgan fingerprint density at radius 3 is 2.78 bits per heavy atom. The van der Waals surface area contributed by atoms with E-state index in [9.17, 15) is 19.2 Å². The van der Waals surface area contributed by atoms with Gasteiger partial charge in [0.1, 0.15) is 6.54 Å². The summed E-state index contributed by atoms with van der Waals surface area (Å²) in [7, 11) is 0. The minimum Gasteiger partial charge on any atom is -0.455 e. The molecule has 0 unspecified atom stereocenters. The molecule has 0 saturated carbocycles. The standard InChI is InChI=1S/C15H17N3O5/c1-10(19)16-7-6-15(22)23-9-14(21)18-8-13(20)17-11-4-2-3-5-12(11)18/h2-5H,6-9H2,1H3,(H,16,19)(H,17,20). The van der Waals surface area contributed by atoms with Crippen LogP contribution in [0, 0.1) is 0 Å². The number of fused-ring (bicyclic) bond motifs is 1. The molecule has 1 aromatic rings. The highest BCUT2D eigenvalue weighted by Crippen LogP contribution is 2.28. The van der Waals surface area contributed by atoms with Gasteiger partial charge in [0.05, 0.1) is 17.8 Å². The number of benzene rings is 1. The summed E-state index contributed by atoms with van der Waals surface area (Å²) in [5, 5.41) is 5.13. The smallest absolute Gasteiger partial charge is 0.308 e. The van der Waals surface area contributed by atoms with Crippen molar-refractivity contribution in [3.05, 3.63) is 24.3 Å². The topological polar surface area (TPSA) is 105 Å². The normalized spacial score (nSPS) is 12.9. The van der Waals surface area contributed by atoms with Crippen LogP contribution >= 0.6 is 0 Å².